The van der Waals surface area contributed by atoms with Gasteiger partial charge in [0.15, 0.2) is 6.61 Å². The van der Waals surface area contributed by atoms with Gasteiger partial charge in [-0.1, -0.05) is 23.9 Å². The maximum absolute atomic E-state index is 11.0. The summed E-state index contributed by atoms with van der Waals surface area (Å²) in [6, 6.07) is 7.66. The second kappa shape index (κ2) is 6.95. The first-order valence-electron chi connectivity index (χ1n) is 6.25. The first-order valence-corrected chi connectivity index (χ1v) is 9.29. The van der Waals surface area contributed by atoms with Crippen LogP contribution < -0.4 is 4.74 Å². The maximum atomic E-state index is 11.0. The zero-order valence-corrected chi connectivity index (χ0v) is 13.4. The summed E-state index contributed by atoms with van der Waals surface area (Å²) in [7, 11) is -2.97. The van der Waals surface area contributed by atoms with E-state index in [1.54, 1.807) is 0 Å². The summed E-state index contributed by atoms with van der Waals surface area (Å²) in [5, 5.41) is 8.04. The number of rotatable bonds is 7. The molecule has 6 nitrogen and oxygen atoms in total. The molecule has 2 rings (SSSR count). The van der Waals surface area contributed by atoms with Gasteiger partial charge in [0, 0.05) is 12.0 Å². The Bertz CT molecular complexity index is 698. The molecule has 0 amide bonds. The summed E-state index contributed by atoms with van der Waals surface area (Å²) < 4.78 is 32.9. The zero-order valence-electron chi connectivity index (χ0n) is 11.8. The average Bonchev–Trinajstić information content (AvgIpc) is 2.83. The third-order valence-corrected chi connectivity index (χ3v) is 4.50. The summed E-state index contributed by atoms with van der Waals surface area (Å²) in [5.41, 5.74) is 1.11. The molecule has 0 radical (unpaired) electrons. The molecule has 0 N–H and O–H groups in total. The third-order valence-electron chi connectivity index (χ3n) is 2.48. The molecule has 21 heavy (non-hydrogen) atoms. The third kappa shape index (κ3) is 5.76. The molecule has 0 aliphatic carbocycles. The lowest BCUT2D eigenvalue weighted by Crippen LogP contribution is -2.04. The van der Waals surface area contributed by atoms with Gasteiger partial charge in [-0.3, -0.25) is 0 Å². The van der Waals surface area contributed by atoms with Crippen molar-refractivity contribution in [2.75, 3.05) is 17.8 Å². The standard InChI is InChI=1S/C13H16N2O4S2/c1-10-4-3-5-11(8-10)18-9-12-14-15-13(19-12)20-6-7-21(2,16)17/h3-5,8H,6-7,9H2,1-2H3. The molecule has 0 saturated carbocycles. The van der Waals surface area contributed by atoms with E-state index in [1.165, 1.54) is 18.0 Å². The molecule has 2 aromatic rings. The van der Waals surface area contributed by atoms with Crippen LogP contribution in [0.4, 0.5) is 0 Å². The van der Waals surface area contributed by atoms with Crippen molar-refractivity contribution in [2.24, 2.45) is 0 Å². The largest absolute Gasteiger partial charge is 0.484 e. The van der Waals surface area contributed by atoms with Crippen molar-refractivity contribution >= 4 is 21.6 Å². The molecule has 1 aromatic carbocycles. The maximum Gasteiger partial charge on any atom is 0.276 e. The van der Waals surface area contributed by atoms with Gasteiger partial charge >= 0.3 is 0 Å². The summed E-state index contributed by atoms with van der Waals surface area (Å²) >= 11 is 1.22. The van der Waals surface area contributed by atoms with Crippen LogP contribution in [-0.2, 0) is 16.4 Å². The number of aryl methyl sites for hydroxylation is 1. The highest BCUT2D eigenvalue weighted by Gasteiger charge is 2.09. The van der Waals surface area contributed by atoms with Crippen molar-refractivity contribution in [3.05, 3.63) is 35.7 Å². The van der Waals surface area contributed by atoms with Crippen LogP contribution in [0.2, 0.25) is 0 Å². The van der Waals surface area contributed by atoms with Gasteiger partial charge in [-0.2, -0.15) is 0 Å². The lowest BCUT2D eigenvalue weighted by atomic mass is 10.2. The fourth-order valence-corrected chi connectivity index (χ4v) is 3.46. The van der Waals surface area contributed by atoms with Gasteiger partial charge in [0.25, 0.3) is 11.1 Å². The number of aromatic nitrogens is 2. The Hall–Kier alpha value is -1.54. The molecule has 114 valence electrons. The molecule has 0 unspecified atom stereocenters. The fourth-order valence-electron chi connectivity index (χ4n) is 1.49. The van der Waals surface area contributed by atoms with Crippen LogP contribution in [0, 0.1) is 6.92 Å². The lowest BCUT2D eigenvalue weighted by molar-refractivity contribution is 0.252. The van der Waals surface area contributed by atoms with E-state index in [2.05, 4.69) is 10.2 Å². The van der Waals surface area contributed by atoms with E-state index in [0.29, 0.717) is 16.9 Å². The van der Waals surface area contributed by atoms with Crippen LogP contribution in [0.3, 0.4) is 0 Å². The van der Waals surface area contributed by atoms with Gasteiger partial charge in [0.2, 0.25) is 0 Å². The van der Waals surface area contributed by atoms with E-state index in [-0.39, 0.29) is 12.4 Å². The molecule has 0 aliphatic rings. The number of sulfone groups is 1. The van der Waals surface area contributed by atoms with Crippen LogP contribution in [-0.4, -0.2) is 36.4 Å². The minimum Gasteiger partial charge on any atom is -0.484 e. The van der Waals surface area contributed by atoms with Gasteiger partial charge < -0.3 is 9.15 Å². The van der Waals surface area contributed by atoms with E-state index >= 15 is 0 Å². The van der Waals surface area contributed by atoms with E-state index in [4.69, 9.17) is 9.15 Å². The average molecular weight is 328 g/mol. The Morgan fingerprint density at radius 3 is 2.86 bits per heavy atom. The van der Waals surface area contributed by atoms with Gasteiger partial charge in [-0.15, -0.1) is 10.2 Å². The van der Waals surface area contributed by atoms with Gasteiger partial charge in [-0.05, 0) is 24.6 Å². The van der Waals surface area contributed by atoms with E-state index < -0.39 is 9.84 Å². The molecule has 0 aliphatic heterocycles. The molecular weight excluding hydrogens is 312 g/mol. The van der Waals surface area contributed by atoms with Crippen LogP contribution in [0.5, 0.6) is 5.75 Å². The first kappa shape index (κ1) is 15.8. The molecule has 1 aromatic heterocycles. The van der Waals surface area contributed by atoms with Crippen molar-refractivity contribution in [3.63, 3.8) is 0 Å². The molecule has 1 heterocycles. The van der Waals surface area contributed by atoms with Crippen LogP contribution >= 0.6 is 11.8 Å². The highest BCUT2D eigenvalue weighted by Crippen LogP contribution is 2.18. The predicted molar refractivity (Wildman–Crippen MR) is 80.2 cm³/mol. The van der Waals surface area contributed by atoms with Crippen molar-refractivity contribution in [3.8, 4) is 5.75 Å². The van der Waals surface area contributed by atoms with Crippen LogP contribution in [0.25, 0.3) is 0 Å². The van der Waals surface area contributed by atoms with Crippen molar-refractivity contribution in [1.82, 2.24) is 10.2 Å². The summed E-state index contributed by atoms with van der Waals surface area (Å²) in [5.74, 6) is 1.56. The van der Waals surface area contributed by atoms with E-state index in [0.717, 1.165) is 11.3 Å². The zero-order chi connectivity index (χ0) is 15.3. The number of nitrogens with zero attached hydrogens (tertiary/aromatic N) is 2. The van der Waals surface area contributed by atoms with Gasteiger partial charge in [0.1, 0.15) is 15.6 Å². The number of benzene rings is 1. The second-order valence-electron chi connectivity index (χ2n) is 4.55. The molecule has 0 bridgehead atoms. The predicted octanol–water partition coefficient (Wildman–Crippen LogP) is 2.09. The minimum atomic E-state index is -2.97. The monoisotopic (exact) mass is 328 g/mol. The summed E-state index contributed by atoms with van der Waals surface area (Å²) in [4.78, 5) is 0. The normalized spacial score (nSPS) is 11.5. The summed E-state index contributed by atoms with van der Waals surface area (Å²) in [6.45, 7) is 2.17. The molecule has 8 heteroatoms. The van der Waals surface area contributed by atoms with E-state index in [1.807, 2.05) is 31.2 Å². The Morgan fingerprint density at radius 1 is 1.33 bits per heavy atom. The number of ether oxygens (including phenoxy) is 1. The number of hydrogen-bond acceptors (Lipinski definition) is 7. The fraction of sp³-hybridized carbons (Fsp3) is 0.385. The second-order valence-corrected chi connectivity index (χ2v) is 7.85. The van der Waals surface area contributed by atoms with Crippen molar-refractivity contribution < 1.29 is 17.6 Å². The Morgan fingerprint density at radius 2 is 2.14 bits per heavy atom. The quantitative estimate of drug-likeness (QED) is 0.720. The minimum absolute atomic E-state index is 0.0785. The van der Waals surface area contributed by atoms with Gasteiger partial charge in [0.05, 0.1) is 5.75 Å². The Balaban J connectivity index is 1.83. The molecule has 0 fully saturated rings. The van der Waals surface area contributed by atoms with Crippen molar-refractivity contribution in [1.29, 1.82) is 0 Å². The highest BCUT2D eigenvalue weighted by atomic mass is 32.2. The Kier molecular flexibility index (Phi) is 5.24. The Labute approximate surface area is 127 Å². The number of thioether (sulfide) groups is 1. The lowest BCUT2D eigenvalue weighted by Gasteiger charge is -2.03. The molecular formula is C13H16N2O4S2. The molecule has 0 spiro atoms. The van der Waals surface area contributed by atoms with Crippen LogP contribution in [0.15, 0.2) is 33.9 Å². The van der Waals surface area contributed by atoms with E-state index in [9.17, 15) is 8.42 Å². The molecule has 0 saturated heterocycles. The summed E-state index contributed by atoms with van der Waals surface area (Å²) in [6.07, 6.45) is 1.20. The SMILES string of the molecule is Cc1cccc(OCc2nnc(SCCS(C)(=O)=O)o2)c1. The smallest absolute Gasteiger partial charge is 0.276 e. The van der Waals surface area contributed by atoms with Crippen LogP contribution in [0.1, 0.15) is 11.5 Å². The number of hydrogen-bond donors (Lipinski definition) is 0. The van der Waals surface area contributed by atoms with Gasteiger partial charge in [-0.25, -0.2) is 8.42 Å². The topological polar surface area (TPSA) is 82.3 Å². The molecule has 0 atom stereocenters. The van der Waals surface area contributed by atoms with Crippen molar-refractivity contribution in [2.45, 2.75) is 18.8 Å². The first-order chi connectivity index (χ1) is 9.92. The highest BCUT2D eigenvalue weighted by molar-refractivity contribution is 8.00.